The number of hydrogen-bond donors (Lipinski definition) is 0. The van der Waals surface area contributed by atoms with E-state index in [1.807, 2.05) is 0 Å². The summed E-state index contributed by atoms with van der Waals surface area (Å²) in [6.07, 6.45) is 0. The molecule has 0 aliphatic heterocycles. The zero-order valence-electron chi connectivity index (χ0n) is 36.7. The van der Waals surface area contributed by atoms with E-state index in [-0.39, 0.29) is 0 Å². The monoisotopic (exact) mass is 799 g/mol. The summed E-state index contributed by atoms with van der Waals surface area (Å²) in [4.78, 5) is 5.84. The van der Waals surface area contributed by atoms with Gasteiger partial charge in [0.05, 0.1) is 11.0 Å². The van der Waals surface area contributed by atoms with E-state index in [2.05, 4.69) is 216 Å². The summed E-state index contributed by atoms with van der Waals surface area (Å²) < 4.78 is 10.8. The molecule has 0 spiro atoms. The quantitative estimate of drug-likeness (QED) is 0.127. The van der Waals surface area contributed by atoms with Crippen LogP contribution in [0.1, 0.15) is 83.1 Å². The van der Waals surface area contributed by atoms with Gasteiger partial charge in [-0.25, -0.2) is 4.98 Å². The Morgan fingerprint density at radius 1 is 0.345 bits per heavy atom. The molecule has 5 heterocycles. The van der Waals surface area contributed by atoms with Gasteiger partial charge in [-0.3, -0.25) is 9.13 Å². The molecular weight excluding hydrogens is 739 g/mol. The van der Waals surface area contributed by atoms with Crippen molar-refractivity contribution in [1.29, 1.82) is 0 Å². The molecule has 0 aliphatic rings. The molecule has 9 aromatic rings. The molecule has 0 saturated carbocycles. The molecule has 0 radical (unpaired) electrons. The van der Waals surface area contributed by atoms with Crippen molar-refractivity contribution in [2.24, 2.45) is 0 Å². The molecule has 7 heteroatoms. The Bertz CT molecular complexity index is 2760. The van der Waals surface area contributed by atoms with E-state index in [1.54, 1.807) is 0 Å². The lowest BCUT2D eigenvalue weighted by Crippen LogP contribution is -2.52. The molecule has 0 amide bonds. The fourth-order valence-corrected chi connectivity index (χ4v) is 26.3. The van der Waals surface area contributed by atoms with E-state index >= 15 is 0 Å². The maximum absolute atomic E-state index is 5.84. The van der Waals surface area contributed by atoms with Crippen LogP contribution in [0, 0.1) is 0 Å². The fourth-order valence-electron chi connectivity index (χ4n) is 12.9. The number of fused-ring (bicyclic) bond motifs is 10. The van der Waals surface area contributed by atoms with E-state index in [0.717, 1.165) is 11.6 Å². The van der Waals surface area contributed by atoms with E-state index in [0.29, 0.717) is 33.2 Å². The summed E-state index contributed by atoms with van der Waals surface area (Å²) in [6, 6.07) is 43.2. The van der Waals surface area contributed by atoms with Crippen LogP contribution in [0.15, 0.2) is 115 Å². The average Bonchev–Trinajstić information content (AvgIpc) is 3.90. The van der Waals surface area contributed by atoms with Crippen LogP contribution >= 0.6 is 0 Å². The molecule has 5 aromatic heterocycles. The summed E-state index contributed by atoms with van der Waals surface area (Å²) in [5, 5.41) is 7.92. The molecule has 0 aliphatic carbocycles. The van der Waals surface area contributed by atoms with Gasteiger partial charge in [-0.05, 0) is 69.6 Å². The van der Waals surface area contributed by atoms with Gasteiger partial charge in [0.25, 0.3) is 0 Å². The summed E-state index contributed by atoms with van der Waals surface area (Å²) in [7, 11) is -4.53. The minimum absolute atomic E-state index is 0.519. The first-order chi connectivity index (χ1) is 27.8. The molecule has 5 nitrogen and oxygen atoms in total. The first-order valence-corrected chi connectivity index (χ1v) is 26.2. The Kier molecular flexibility index (Phi) is 9.25. The molecule has 4 aromatic carbocycles. The molecule has 0 atom stereocenters. The van der Waals surface area contributed by atoms with Crippen LogP contribution in [0.5, 0.6) is 0 Å². The number of benzene rings is 4. The van der Waals surface area contributed by atoms with E-state index in [9.17, 15) is 0 Å². The maximum Gasteiger partial charge on any atom is 0.172 e. The normalized spacial score (nSPS) is 13.4. The van der Waals surface area contributed by atoms with E-state index in [1.165, 1.54) is 65.7 Å². The van der Waals surface area contributed by atoms with Crippen LogP contribution in [0.3, 0.4) is 0 Å². The minimum Gasteiger partial charge on any atom is -0.353 e. The summed E-state index contributed by atoms with van der Waals surface area (Å²) in [5.41, 5.74) is 10.8. The fraction of sp³-hybridized carbons (Fsp3) is 0.353. The van der Waals surface area contributed by atoms with Crippen molar-refractivity contribution >= 4 is 82.1 Å². The Morgan fingerprint density at radius 2 is 0.621 bits per heavy atom. The Balaban J connectivity index is 1.45. The smallest absolute Gasteiger partial charge is 0.172 e. The molecule has 58 heavy (non-hydrogen) atoms. The molecule has 0 bridgehead atoms. The Labute approximate surface area is 346 Å². The van der Waals surface area contributed by atoms with Crippen molar-refractivity contribution < 1.29 is 0 Å². The zero-order chi connectivity index (χ0) is 41.0. The number of rotatable bonds is 10. The molecule has 0 N–H and O–H groups in total. The molecule has 0 unspecified atom stereocenters. The first-order valence-electron chi connectivity index (χ1n) is 21.8. The third-order valence-electron chi connectivity index (χ3n) is 14.5. The lowest BCUT2D eigenvalue weighted by Gasteiger charge is -2.45. The van der Waals surface area contributed by atoms with Crippen molar-refractivity contribution in [1.82, 2.24) is 22.6 Å². The molecule has 298 valence electrons. The van der Waals surface area contributed by atoms with Gasteiger partial charge in [0.2, 0.25) is 0 Å². The SMILES string of the molecule is CC(C)[Si](C(C)C)(C(C)C)n1c2ccccc2c2c3ccccc3n(-c3cccc(-n4c5ccccc5c5c6ccccc6n([Si](C(C)C)(C(C)C)C(C)C)c54)n3)c21. The van der Waals surface area contributed by atoms with Crippen molar-refractivity contribution in [3.05, 3.63) is 115 Å². The molecule has 0 fully saturated rings. The standard InChI is InChI=1S/C51H61N5Si2/c1-32(2)57(33(3)4,34(5)6)55-44-28-19-15-24-40(44)48-38-22-13-17-26-42(38)53(50(48)55)46-30-21-31-47(52-46)54-43-27-18-14-23-39(43)49-41-25-16-20-29-45(41)56(51(49)54)58(35(7)8,36(9)10)37(11)12/h13-37H,1-12H3. The predicted molar refractivity (Wildman–Crippen MR) is 257 cm³/mol. The zero-order valence-corrected chi connectivity index (χ0v) is 38.7. The Morgan fingerprint density at radius 3 is 0.931 bits per heavy atom. The topological polar surface area (TPSA) is 32.6 Å². The van der Waals surface area contributed by atoms with Crippen LogP contribution in [-0.4, -0.2) is 39.1 Å². The largest absolute Gasteiger partial charge is 0.353 e. The van der Waals surface area contributed by atoms with Gasteiger partial charge in [-0.15, -0.1) is 0 Å². The lowest BCUT2D eigenvalue weighted by atomic mass is 10.1. The Hall–Kier alpha value is -4.86. The first kappa shape index (κ1) is 38.7. The van der Waals surface area contributed by atoms with Crippen LogP contribution in [-0.2, 0) is 0 Å². The maximum atomic E-state index is 5.84. The summed E-state index contributed by atoms with van der Waals surface area (Å²) in [5.74, 6) is 1.92. The number of aromatic nitrogens is 5. The van der Waals surface area contributed by atoms with E-state index < -0.39 is 16.5 Å². The highest BCUT2D eigenvalue weighted by atomic mass is 28.3. The van der Waals surface area contributed by atoms with Gasteiger partial charge >= 0.3 is 0 Å². The van der Waals surface area contributed by atoms with Crippen LogP contribution in [0.4, 0.5) is 0 Å². The van der Waals surface area contributed by atoms with Gasteiger partial charge < -0.3 is 8.47 Å². The highest BCUT2D eigenvalue weighted by molar-refractivity contribution is 6.84. The third kappa shape index (κ3) is 4.95. The van der Waals surface area contributed by atoms with Crippen molar-refractivity contribution in [3.63, 3.8) is 0 Å². The molecule has 0 saturated heterocycles. The second-order valence-corrected chi connectivity index (χ2v) is 30.2. The van der Waals surface area contributed by atoms with Crippen molar-refractivity contribution in [2.45, 2.75) is 116 Å². The van der Waals surface area contributed by atoms with Crippen molar-refractivity contribution in [2.75, 3.05) is 0 Å². The highest BCUT2D eigenvalue weighted by Crippen LogP contribution is 2.51. The van der Waals surface area contributed by atoms with Crippen LogP contribution in [0.2, 0.25) is 33.2 Å². The van der Waals surface area contributed by atoms with Gasteiger partial charge in [-0.1, -0.05) is 162 Å². The molecule has 9 rings (SSSR count). The van der Waals surface area contributed by atoms with Gasteiger partial charge in [0.15, 0.2) is 16.5 Å². The second kappa shape index (κ2) is 13.9. The van der Waals surface area contributed by atoms with Crippen LogP contribution < -0.4 is 0 Å². The minimum atomic E-state index is -2.26. The van der Waals surface area contributed by atoms with E-state index in [4.69, 9.17) is 4.98 Å². The third-order valence-corrected chi connectivity index (χ3v) is 28.0. The molecular formula is C51H61N5Si2. The second-order valence-electron chi connectivity index (χ2n) is 18.9. The number of pyridine rings is 1. The van der Waals surface area contributed by atoms with Crippen molar-refractivity contribution in [3.8, 4) is 11.6 Å². The summed E-state index contributed by atoms with van der Waals surface area (Å²) >= 11 is 0. The number of hydrogen-bond acceptors (Lipinski definition) is 1. The lowest BCUT2D eigenvalue weighted by molar-refractivity contribution is 0.774. The summed E-state index contributed by atoms with van der Waals surface area (Å²) in [6.45, 7) is 29.8. The average molecular weight is 800 g/mol. The van der Waals surface area contributed by atoms with Gasteiger partial charge in [0.1, 0.15) is 22.9 Å². The number of nitrogens with zero attached hydrogens (tertiary/aromatic N) is 5. The predicted octanol–water partition coefficient (Wildman–Crippen LogP) is 15.2. The van der Waals surface area contributed by atoms with Gasteiger partial charge in [0, 0.05) is 43.4 Å². The number of para-hydroxylation sites is 4. The van der Waals surface area contributed by atoms with Crippen LogP contribution in [0.25, 0.3) is 77.3 Å². The van der Waals surface area contributed by atoms with Gasteiger partial charge in [-0.2, -0.15) is 0 Å². The highest BCUT2D eigenvalue weighted by Gasteiger charge is 2.49.